The fraction of sp³-hybridized carbons (Fsp3) is 0.250. The first-order valence-corrected chi connectivity index (χ1v) is 7.23. The third-order valence-electron chi connectivity index (χ3n) is 3.21. The molecule has 0 radical (unpaired) electrons. The van der Waals surface area contributed by atoms with Crippen LogP contribution < -0.4 is 5.32 Å². The summed E-state index contributed by atoms with van der Waals surface area (Å²) in [4.78, 5) is 0. The second-order valence-electron chi connectivity index (χ2n) is 4.63. The van der Waals surface area contributed by atoms with Crippen molar-refractivity contribution in [2.75, 3.05) is 6.54 Å². The third-order valence-corrected chi connectivity index (χ3v) is 4.07. The normalized spacial score (nSPS) is 12.4. The number of rotatable bonds is 4. The van der Waals surface area contributed by atoms with Crippen molar-refractivity contribution < 1.29 is 4.39 Å². The predicted octanol–water partition coefficient (Wildman–Crippen LogP) is 5.14. The topological polar surface area (TPSA) is 12.0 Å². The van der Waals surface area contributed by atoms with E-state index >= 15 is 0 Å². The maximum atomic E-state index is 13.5. The molecular formula is C16H16Cl2FN. The van der Waals surface area contributed by atoms with E-state index in [2.05, 4.69) is 5.32 Å². The minimum absolute atomic E-state index is 0.226. The number of nitrogens with one attached hydrogen (secondary N) is 1. The molecule has 1 unspecified atom stereocenters. The van der Waals surface area contributed by atoms with Gasteiger partial charge in [0.2, 0.25) is 0 Å². The van der Waals surface area contributed by atoms with Gasteiger partial charge in [-0.25, -0.2) is 4.39 Å². The third kappa shape index (κ3) is 3.14. The smallest absolute Gasteiger partial charge is 0.123 e. The molecule has 2 aromatic carbocycles. The summed E-state index contributed by atoms with van der Waals surface area (Å²) in [5.41, 5.74) is 2.58. The molecule has 20 heavy (non-hydrogen) atoms. The van der Waals surface area contributed by atoms with Gasteiger partial charge in [0, 0.05) is 10.0 Å². The Morgan fingerprint density at radius 3 is 2.60 bits per heavy atom. The average Bonchev–Trinajstić information content (AvgIpc) is 2.43. The van der Waals surface area contributed by atoms with Crippen molar-refractivity contribution in [3.05, 3.63) is 69.0 Å². The molecule has 0 saturated heterocycles. The van der Waals surface area contributed by atoms with Gasteiger partial charge < -0.3 is 5.32 Å². The van der Waals surface area contributed by atoms with Gasteiger partial charge in [-0.1, -0.05) is 48.3 Å². The van der Waals surface area contributed by atoms with E-state index in [1.807, 2.05) is 32.0 Å². The summed E-state index contributed by atoms with van der Waals surface area (Å²) in [6, 6.07) is 9.97. The van der Waals surface area contributed by atoms with Gasteiger partial charge >= 0.3 is 0 Å². The largest absolute Gasteiger partial charge is 0.306 e. The Morgan fingerprint density at radius 2 is 1.90 bits per heavy atom. The zero-order valence-corrected chi connectivity index (χ0v) is 12.9. The summed E-state index contributed by atoms with van der Waals surface area (Å²) in [6.07, 6.45) is 0. The Labute approximate surface area is 128 Å². The molecule has 0 saturated carbocycles. The molecule has 1 nitrogen and oxygen atoms in total. The lowest BCUT2D eigenvalue weighted by Gasteiger charge is -2.22. The van der Waals surface area contributed by atoms with Gasteiger partial charge in [0.25, 0.3) is 0 Å². The van der Waals surface area contributed by atoms with Gasteiger partial charge in [0.1, 0.15) is 5.82 Å². The standard InChI is InChI=1S/C16H16Cl2FN/c1-3-20-16(12-6-4-5-10(2)15(12)18)13-9-11(19)7-8-14(13)17/h4-9,16,20H,3H2,1-2H3. The van der Waals surface area contributed by atoms with Crippen LogP contribution in [-0.4, -0.2) is 6.54 Å². The molecule has 2 aromatic rings. The Morgan fingerprint density at radius 1 is 1.15 bits per heavy atom. The quantitative estimate of drug-likeness (QED) is 0.824. The summed E-state index contributed by atoms with van der Waals surface area (Å²) in [5.74, 6) is -0.309. The minimum Gasteiger partial charge on any atom is -0.306 e. The highest BCUT2D eigenvalue weighted by Gasteiger charge is 2.20. The highest BCUT2D eigenvalue weighted by molar-refractivity contribution is 6.32. The Hall–Kier alpha value is -1.09. The molecule has 0 amide bonds. The zero-order chi connectivity index (χ0) is 14.7. The van der Waals surface area contributed by atoms with Gasteiger partial charge in [0.15, 0.2) is 0 Å². The molecule has 0 bridgehead atoms. The van der Waals surface area contributed by atoms with Crippen LogP contribution in [0.1, 0.15) is 29.7 Å². The van der Waals surface area contributed by atoms with Crippen LogP contribution in [-0.2, 0) is 0 Å². The summed E-state index contributed by atoms with van der Waals surface area (Å²) in [6.45, 7) is 4.66. The van der Waals surface area contributed by atoms with Gasteiger partial charge in [0.05, 0.1) is 6.04 Å². The molecule has 0 heterocycles. The molecule has 1 atom stereocenters. The first kappa shape index (κ1) is 15.3. The van der Waals surface area contributed by atoms with Crippen molar-refractivity contribution in [2.24, 2.45) is 0 Å². The maximum Gasteiger partial charge on any atom is 0.123 e. The Balaban J connectivity index is 2.56. The van der Waals surface area contributed by atoms with Gasteiger partial charge in [-0.3, -0.25) is 0 Å². The average molecular weight is 312 g/mol. The van der Waals surface area contributed by atoms with E-state index in [0.29, 0.717) is 15.6 Å². The number of hydrogen-bond donors (Lipinski definition) is 1. The van der Waals surface area contributed by atoms with Crippen LogP contribution >= 0.6 is 23.2 Å². The molecule has 1 N–H and O–H groups in total. The van der Waals surface area contributed by atoms with E-state index in [4.69, 9.17) is 23.2 Å². The maximum absolute atomic E-state index is 13.5. The SMILES string of the molecule is CCNC(c1cc(F)ccc1Cl)c1cccc(C)c1Cl. The van der Waals surface area contributed by atoms with E-state index in [0.717, 1.165) is 17.7 Å². The lowest BCUT2D eigenvalue weighted by Crippen LogP contribution is -2.23. The molecule has 0 spiro atoms. The highest BCUT2D eigenvalue weighted by Crippen LogP contribution is 2.34. The van der Waals surface area contributed by atoms with Crippen LogP contribution in [0, 0.1) is 12.7 Å². The van der Waals surface area contributed by atoms with Gasteiger partial charge in [-0.15, -0.1) is 0 Å². The van der Waals surface area contributed by atoms with Crippen LogP contribution in [0.4, 0.5) is 4.39 Å². The predicted molar refractivity (Wildman–Crippen MR) is 83.1 cm³/mol. The summed E-state index contributed by atoms with van der Waals surface area (Å²) in [7, 11) is 0. The summed E-state index contributed by atoms with van der Waals surface area (Å²) >= 11 is 12.6. The molecule has 106 valence electrons. The lowest BCUT2D eigenvalue weighted by molar-refractivity contribution is 0.603. The van der Waals surface area contributed by atoms with Crippen LogP contribution in [0.3, 0.4) is 0 Å². The number of benzene rings is 2. The van der Waals surface area contributed by atoms with Crippen molar-refractivity contribution in [2.45, 2.75) is 19.9 Å². The van der Waals surface area contributed by atoms with Crippen molar-refractivity contribution in [3.63, 3.8) is 0 Å². The number of halogens is 3. The molecule has 0 fully saturated rings. The number of aryl methyl sites for hydroxylation is 1. The van der Waals surface area contributed by atoms with E-state index in [-0.39, 0.29) is 11.9 Å². The fourth-order valence-electron chi connectivity index (χ4n) is 2.22. The van der Waals surface area contributed by atoms with Crippen LogP contribution in [0.25, 0.3) is 0 Å². The highest BCUT2D eigenvalue weighted by atomic mass is 35.5. The molecule has 2 rings (SSSR count). The molecule has 0 aromatic heterocycles. The second-order valence-corrected chi connectivity index (χ2v) is 5.42. The first-order chi connectivity index (χ1) is 9.54. The van der Waals surface area contributed by atoms with Gasteiger partial charge in [-0.05, 0) is 48.4 Å². The molecular weight excluding hydrogens is 296 g/mol. The second kappa shape index (κ2) is 6.57. The molecule has 0 aliphatic heterocycles. The van der Waals surface area contributed by atoms with Crippen LogP contribution in [0.15, 0.2) is 36.4 Å². The Kier molecular flexibility index (Phi) is 5.03. The molecule has 0 aliphatic rings. The van der Waals surface area contributed by atoms with Crippen molar-refractivity contribution in [1.29, 1.82) is 0 Å². The first-order valence-electron chi connectivity index (χ1n) is 6.48. The van der Waals surface area contributed by atoms with Crippen molar-refractivity contribution in [3.8, 4) is 0 Å². The van der Waals surface area contributed by atoms with Crippen molar-refractivity contribution in [1.82, 2.24) is 5.32 Å². The van der Waals surface area contributed by atoms with E-state index in [9.17, 15) is 4.39 Å². The fourth-order valence-corrected chi connectivity index (χ4v) is 2.68. The lowest BCUT2D eigenvalue weighted by atomic mass is 9.97. The Bertz CT molecular complexity index is 611. The zero-order valence-electron chi connectivity index (χ0n) is 11.4. The van der Waals surface area contributed by atoms with E-state index < -0.39 is 0 Å². The minimum atomic E-state index is -0.309. The number of hydrogen-bond acceptors (Lipinski definition) is 1. The van der Waals surface area contributed by atoms with Crippen molar-refractivity contribution >= 4 is 23.2 Å². The van der Waals surface area contributed by atoms with Crippen LogP contribution in [0.5, 0.6) is 0 Å². The monoisotopic (exact) mass is 311 g/mol. The summed E-state index contributed by atoms with van der Waals surface area (Å²) < 4.78 is 13.5. The van der Waals surface area contributed by atoms with Gasteiger partial charge in [-0.2, -0.15) is 0 Å². The van der Waals surface area contributed by atoms with E-state index in [1.54, 1.807) is 6.07 Å². The van der Waals surface area contributed by atoms with Crippen LogP contribution in [0.2, 0.25) is 10.0 Å². The summed E-state index contributed by atoms with van der Waals surface area (Å²) in [5, 5.41) is 4.52. The molecule has 4 heteroatoms. The molecule has 0 aliphatic carbocycles. The van der Waals surface area contributed by atoms with E-state index in [1.165, 1.54) is 12.1 Å².